The van der Waals surface area contributed by atoms with E-state index in [-0.39, 0.29) is 22.7 Å². The van der Waals surface area contributed by atoms with Crippen LogP contribution in [0, 0.1) is 5.82 Å². The number of hydrogen-bond acceptors (Lipinski definition) is 5. The van der Waals surface area contributed by atoms with Gasteiger partial charge in [-0.05, 0) is 17.7 Å². The molecule has 0 aliphatic carbocycles. The fourth-order valence-corrected chi connectivity index (χ4v) is 3.02. The van der Waals surface area contributed by atoms with E-state index in [4.69, 9.17) is 11.6 Å². The number of halogens is 2. The standard InChI is InChI=1S/C17H20ClFN6O2/c1-11(26)20-4-5-21-17(27)16-23-22-15-10-24(6-7-25(15)16)9-12-2-3-13(18)14(19)8-12/h2-3,8H,4-7,9-10H2,1H3,(H,20,26)(H,21,27). The molecule has 0 saturated heterocycles. The minimum atomic E-state index is -0.437. The Hall–Kier alpha value is -2.52. The van der Waals surface area contributed by atoms with Crippen LogP contribution in [0.15, 0.2) is 18.2 Å². The first-order chi connectivity index (χ1) is 12.9. The van der Waals surface area contributed by atoms with Gasteiger partial charge in [-0.15, -0.1) is 10.2 Å². The first kappa shape index (κ1) is 19.2. The molecule has 0 atom stereocenters. The van der Waals surface area contributed by atoms with Gasteiger partial charge in [0.1, 0.15) is 11.6 Å². The molecule has 0 spiro atoms. The van der Waals surface area contributed by atoms with E-state index in [9.17, 15) is 14.0 Å². The predicted molar refractivity (Wildman–Crippen MR) is 96.6 cm³/mol. The van der Waals surface area contributed by atoms with Gasteiger partial charge < -0.3 is 15.2 Å². The van der Waals surface area contributed by atoms with Crippen molar-refractivity contribution in [3.05, 3.63) is 46.3 Å². The summed E-state index contributed by atoms with van der Waals surface area (Å²) >= 11 is 5.71. The average Bonchev–Trinajstić information content (AvgIpc) is 3.05. The first-order valence-electron chi connectivity index (χ1n) is 8.55. The molecule has 2 N–H and O–H groups in total. The van der Waals surface area contributed by atoms with Gasteiger partial charge in [-0.3, -0.25) is 14.5 Å². The van der Waals surface area contributed by atoms with Gasteiger partial charge in [0.05, 0.1) is 11.6 Å². The molecule has 1 aromatic heterocycles. The van der Waals surface area contributed by atoms with E-state index in [1.807, 2.05) is 0 Å². The molecule has 1 aromatic carbocycles. The number of nitrogens with one attached hydrogen (secondary N) is 2. The number of amides is 2. The van der Waals surface area contributed by atoms with Crippen molar-refractivity contribution in [2.24, 2.45) is 0 Å². The lowest BCUT2D eigenvalue weighted by atomic mass is 10.2. The van der Waals surface area contributed by atoms with E-state index in [2.05, 4.69) is 25.7 Å². The molecule has 144 valence electrons. The first-order valence-corrected chi connectivity index (χ1v) is 8.93. The van der Waals surface area contributed by atoms with Gasteiger partial charge in [0.2, 0.25) is 11.7 Å². The van der Waals surface area contributed by atoms with Crippen LogP contribution in [0.25, 0.3) is 0 Å². The van der Waals surface area contributed by atoms with Gasteiger partial charge in [0, 0.05) is 39.6 Å². The largest absolute Gasteiger partial charge is 0.355 e. The van der Waals surface area contributed by atoms with Crippen molar-refractivity contribution in [2.75, 3.05) is 19.6 Å². The van der Waals surface area contributed by atoms with Crippen LogP contribution < -0.4 is 10.6 Å². The van der Waals surface area contributed by atoms with Crippen molar-refractivity contribution in [2.45, 2.75) is 26.6 Å². The number of carbonyl (C=O) groups excluding carboxylic acids is 2. The zero-order chi connectivity index (χ0) is 19.4. The normalized spacial score (nSPS) is 13.9. The van der Waals surface area contributed by atoms with Crippen LogP contribution in [0.1, 0.15) is 28.9 Å². The Morgan fingerprint density at radius 1 is 1.22 bits per heavy atom. The highest BCUT2D eigenvalue weighted by atomic mass is 35.5. The Labute approximate surface area is 160 Å². The highest BCUT2D eigenvalue weighted by molar-refractivity contribution is 6.30. The fourth-order valence-electron chi connectivity index (χ4n) is 2.90. The van der Waals surface area contributed by atoms with Crippen LogP contribution in [-0.2, 0) is 24.4 Å². The Kier molecular flexibility index (Phi) is 6.02. The Bertz CT molecular complexity index is 856. The van der Waals surface area contributed by atoms with E-state index in [0.717, 1.165) is 5.56 Å². The minimum absolute atomic E-state index is 0.103. The summed E-state index contributed by atoms with van der Waals surface area (Å²) in [6.45, 7) is 4.40. The maximum Gasteiger partial charge on any atom is 0.289 e. The molecular formula is C17H20ClFN6O2. The second-order valence-corrected chi connectivity index (χ2v) is 6.70. The van der Waals surface area contributed by atoms with E-state index < -0.39 is 5.82 Å². The van der Waals surface area contributed by atoms with E-state index in [1.165, 1.54) is 13.0 Å². The van der Waals surface area contributed by atoms with Crippen LogP contribution in [0.3, 0.4) is 0 Å². The lowest BCUT2D eigenvalue weighted by Gasteiger charge is -2.27. The molecule has 0 fully saturated rings. The van der Waals surface area contributed by atoms with E-state index in [1.54, 1.807) is 16.7 Å². The van der Waals surface area contributed by atoms with Crippen LogP contribution in [-0.4, -0.2) is 51.1 Å². The second-order valence-electron chi connectivity index (χ2n) is 6.29. The Morgan fingerprint density at radius 3 is 2.74 bits per heavy atom. The van der Waals surface area contributed by atoms with Gasteiger partial charge in [-0.25, -0.2) is 4.39 Å². The highest BCUT2D eigenvalue weighted by Crippen LogP contribution is 2.19. The number of hydrogen-bond donors (Lipinski definition) is 2. The third-order valence-electron chi connectivity index (χ3n) is 4.21. The maximum absolute atomic E-state index is 13.6. The molecule has 3 rings (SSSR count). The van der Waals surface area contributed by atoms with Crippen LogP contribution in [0.5, 0.6) is 0 Å². The third kappa shape index (κ3) is 4.81. The number of nitrogens with zero attached hydrogens (tertiary/aromatic N) is 4. The summed E-state index contributed by atoms with van der Waals surface area (Å²) in [5.41, 5.74) is 0.820. The summed E-state index contributed by atoms with van der Waals surface area (Å²) < 4.78 is 15.4. The molecule has 0 saturated carbocycles. The second kappa shape index (κ2) is 8.45. The van der Waals surface area contributed by atoms with Crippen LogP contribution in [0.4, 0.5) is 4.39 Å². The zero-order valence-electron chi connectivity index (χ0n) is 14.8. The average molecular weight is 395 g/mol. The SMILES string of the molecule is CC(=O)NCCNC(=O)c1nnc2n1CCN(Cc1ccc(Cl)c(F)c1)C2. The number of aromatic nitrogens is 3. The highest BCUT2D eigenvalue weighted by Gasteiger charge is 2.24. The smallest absolute Gasteiger partial charge is 0.289 e. The van der Waals surface area contributed by atoms with Crippen molar-refractivity contribution in [3.8, 4) is 0 Å². The third-order valence-corrected chi connectivity index (χ3v) is 4.52. The molecule has 10 heteroatoms. The molecule has 27 heavy (non-hydrogen) atoms. The van der Waals surface area contributed by atoms with Gasteiger partial charge in [-0.2, -0.15) is 0 Å². The Balaban J connectivity index is 1.58. The molecule has 0 radical (unpaired) electrons. The summed E-state index contributed by atoms with van der Waals surface area (Å²) in [5, 5.41) is 13.5. The lowest BCUT2D eigenvalue weighted by molar-refractivity contribution is -0.118. The van der Waals surface area contributed by atoms with Crippen LogP contribution >= 0.6 is 11.6 Å². The van der Waals surface area contributed by atoms with Gasteiger partial charge >= 0.3 is 0 Å². The summed E-state index contributed by atoms with van der Waals surface area (Å²) in [4.78, 5) is 25.2. The molecule has 2 aromatic rings. The van der Waals surface area contributed by atoms with Crippen LogP contribution in [0.2, 0.25) is 5.02 Å². The quantitative estimate of drug-likeness (QED) is 0.712. The monoisotopic (exact) mass is 394 g/mol. The van der Waals surface area contributed by atoms with Crippen molar-refractivity contribution >= 4 is 23.4 Å². The van der Waals surface area contributed by atoms with Gasteiger partial charge in [-0.1, -0.05) is 17.7 Å². The summed E-state index contributed by atoms with van der Waals surface area (Å²) in [5.74, 6) is 0.0253. The number of fused-ring (bicyclic) bond motifs is 1. The van der Waals surface area contributed by atoms with Crippen molar-refractivity contribution in [1.82, 2.24) is 30.3 Å². The maximum atomic E-state index is 13.6. The molecule has 2 heterocycles. The summed E-state index contributed by atoms with van der Waals surface area (Å²) in [7, 11) is 0. The zero-order valence-corrected chi connectivity index (χ0v) is 15.6. The molecule has 0 bridgehead atoms. The summed E-state index contributed by atoms with van der Waals surface area (Å²) in [6.07, 6.45) is 0. The predicted octanol–water partition coefficient (Wildman–Crippen LogP) is 0.952. The molecule has 1 aliphatic rings. The Morgan fingerprint density at radius 2 is 2.00 bits per heavy atom. The van der Waals surface area contributed by atoms with Crippen molar-refractivity contribution in [3.63, 3.8) is 0 Å². The fraction of sp³-hybridized carbons (Fsp3) is 0.412. The number of benzene rings is 1. The van der Waals surface area contributed by atoms with Gasteiger partial charge in [0.25, 0.3) is 5.91 Å². The molecule has 8 nitrogen and oxygen atoms in total. The van der Waals surface area contributed by atoms with E-state index >= 15 is 0 Å². The molecular weight excluding hydrogens is 375 g/mol. The summed E-state index contributed by atoms with van der Waals surface area (Å²) in [6, 6.07) is 4.76. The number of carbonyl (C=O) groups is 2. The van der Waals surface area contributed by atoms with Gasteiger partial charge in [0.15, 0.2) is 0 Å². The van der Waals surface area contributed by atoms with Crippen molar-refractivity contribution in [1.29, 1.82) is 0 Å². The molecule has 1 aliphatic heterocycles. The topological polar surface area (TPSA) is 92.1 Å². The number of rotatable bonds is 6. The molecule has 2 amide bonds. The van der Waals surface area contributed by atoms with Crippen molar-refractivity contribution < 1.29 is 14.0 Å². The van der Waals surface area contributed by atoms with E-state index in [0.29, 0.717) is 45.1 Å². The molecule has 0 unspecified atom stereocenters. The lowest BCUT2D eigenvalue weighted by Crippen LogP contribution is -2.37. The minimum Gasteiger partial charge on any atom is -0.355 e.